The average molecular weight is 414 g/mol. The molecule has 0 aliphatic carbocycles. The Hall–Kier alpha value is -2.78. The van der Waals surface area contributed by atoms with E-state index in [-0.39, 0.29) is 10.9 Å². The Balaban J connectivity index is 2.31. The van der Waals surface area contributed by atoms with Gasteiger partial charge in [-0.3, -0.25) is 9.11 Å². The molecule has 0 aliphatic heterocycles. The summed E-state index contributed by atoms with van der Waals surface area (Å²) in [5.74, 6) is 0. The van der Waals surface area contributed by atoms with Crippen molar-refractivity contribution in [2.75, 3.05) is 0 Å². The van der Waals surface area contributed by atoms with Gasteiger partial charge in [-0.15, -0.1) is 0 Å². The Labute approximate surface area is 161 Å². The van der Waals surface area contributed by atoms with E-state index < -0.39 is 30.0 Å². The van der Waals surface area contributed by atoms with Gasteiger partial charge in [0.1, 0.15) is 9.79 Å². The van der Waals surface area contributed by atoms with E-state index in [1.54, 1.807) is 36.4 Å². The van der Waals surface area contributed by atoms with E-state index in [0.29, 0.717) is 16.3 Å². The van der Waals surface area contributed by atoms with Crippen LogP contribution in [0.25, 0.3) is 32.7 Å². The number of rotatable bonds is 3. The first-order valence-electron chi connectivity index (χ1n) is 8.17. The van der Waals surface area contributed by atoms with Crippen molar-refractivity contribution in [3.8, 4) is 11.1 Å². The van der Waals surface area contributed by atoms with E-state index in [1.165, 1.54) is 18.2 Å². The van der Waals surface area contributed by atoms with Crippen LogP contribution in [0.1, 0.15) is 0 Å². The van der Waals surface area contributed by atoms with Crippen LogP contribution in [0.5, 0.6) is 0 Å². The maximum Gasteiger partial charge on any atom is 0.296 e. The molecule has 4 aromatic rings. The van der Waals surface area contributed by atoms with Gasteiger partial charge in [-0.25, -0.2) is 0 Å². The molecule has 0 radical (unpaired) electrons. The molecule has 0 aromatic heterocycles. The molecule has 0 aliphatic rings. The van der Waals surface area contributed by atoms with Crippen molar-refractivity contribution < 1.29 is 25.9 Å². The van der Waals surface area contributed by atoms with Crippen molar-refractivity contribution >= 4 is 41.8 Å². The first kappa shape index (κ1) is 18.6. The minimum Gasteiger partial charge on any atom is -0.282 e. The highest BCUT2D eigenvalue weighted by Gasteiger charge is 2.31. The van der Waals surface area contributed by atoms with Crippen LogP contribution in [0.4, 0.5) is 0 Å². The van der Waals surface area contributed by atoms with E-state index in [1.807, 2.05) is 18.2 Å². The van der Waals surface area contributed by atoms with Crippen LogP contribution in [0, 0.1) is 0 Å². The summed E-state index contributed by atoms with van der Waals surface area (Å²) < 4.78 is 68.5. The molecule has 4 rings (SSSR count). The summed E-state index contributed by atoms with van der Waals surface area (Å²) in [6.45, 7) is 0. The summed E-state index contributed by atoms with van der Waals surface area (Å²) in [4.78, 5) is -1.68. The number of benzene rings is 4. The van der Waals surface area contributed by atoms with Gasteiger partial charge in [-0.2, -0.15) is 16.8 Å². The number of hydrogen-bond acceptors (Lipinski definition) is 4. The van der Waals surface area contributed by atoms with Gasteiger partial charge in [0.15, 0.2) is 0 Å². The van der Waals surface area contributed by atoms with Crippen LogP contribution in [-0.2, 0) is 20.2 Å². The first-order chi connectivity index (χ1) is 13.2. The summed E-state index contributed by atoms with van der Waals surface area (Å²) in [6.07, 6.45) is 0. The fourth-order valence-corrected chi connectivity index (χ4v) is 5.70. The summed E-state index contributed by atoms with van der Waals surface area (Å²) in [6, 6.07) is 20.0. The van der Waals surface area contributed by atoms with Crippen LogP contribution in [0.15, 0.2) is 82.6 Å². The van der Waals surface area contributed by atoms with Crippen LogP contribution >= 0.6 is 0 Å². The average Bonchev–Trinajstić information content (AvgIpc) is 2.64. The molecule has 0 saturated carbocycles. The zero-order valence-corrected chi connectivity index (χ0v) is 15.9. The van der Waals surface area contributed by atoms with Gasteiger partial charge < -0.3 is 0 Å². The lowest BCUT2D eigenvalue weighted by atomic mass is 9.96. The molecule has 8 heteroatoms. The molecule has 0 bridgehead atoms. The molecule has 6 nitrogen and oxygen atoms in total. The normalized spacial score (nSPS) is 12.5. The fraction of sp³-hybridized carbons (Fsp3) is 0. The van der Waals surface area contributed by atoms with E-state index >= 15 is 0 Å². The van der Waals surface area contributed by atoms with Crippen LogP contribution in [0.2, 0.25) is 0 Å². The first-order valence-corrected chi connectivity index (χ1v) is 11.0. The van der Waals surface area contributed by atoms with Gasteiger partial charge in [0.2, 0.25) is 0 Å². The zero-order chi connectivity index (χ0) is 20.1. The van der Waals surface area contributed by atoms with E-state index in [9.17, 15) is 25.9 Å². The molecule has 0 atom stereocenters. The molecule has 0 unspecified atom stereocenters. The molecule has 142 valence electrons. The molecule has 0 amide bonds. The van der Waals surface area contributed by atoms with Crippen molar-refractivity contribution in [2.24, 2.45) is 0 Å². The molecule has 0 saturated heterocycles. The van der Waals surface area contributed by atoms with Crippen molar-refractivity contribution in [1.82, 2.24) is 0 Å². The third-order valence-corrected chi connectivity index (χ3v) is 6.56. The fourth-order valence-electron chi connectivity index (χ4n) is 3.47. The standard InChI is InChI=1S/C20H14O6S2/c21-27(22,23)19-16-10-4-2-7-14(16)12-18(20(19)28(24,25)26)17-11-5-8-13-6-1-3-9-15(13)17/h1-12H,(H,21,22,23)(H,24,25,26). The summed E-state index contributed by atoms with van der Waals surface area (Å²) >= 11 is 0. The van der Waals surface area contributed by atoms with E-state index in [2.05, 4.69) is 0 Å². The van der Waals surface area contributed by atoms with Crippen molar-refractivity contribution in [3.63, 3.8) is 0 Å². The highest BCUT2D eigenvalue weighted by atomic mass is 32.2. The van der Waals surface area contributed by atoms with Crippen LogP contribution in [-0.4, -0.2) is 25.9 Å². The maximum atomic E-state index is 12.3. The van der Waals surface area contributed by atoms with Crippen LogP contribution < -0.4 is 0 Å². The lowest BCUT2D eigenvalue weighted by Crippen LogP contribution is -2.11. The molecule has 0 heterocycles. The second-order valence-corrected chi connectivity index (χ2v) is 9.00. The third-order valence-electron chi connectivity index (χ3n) is 4.55. The Morgan fingerprint density at radius 3 is 1.71 bits per heavy atom. The zero-order valence-electron chi connectivity index (χ0n) is 14.3. The van der Waals surface area contributed by atoms with Crippen molar-refractivity contribution in [2.45, 2.75) is 9.79 Å². The summed E-state index contributed by atoms with van der Waals surface area (Å²) in [5, 5.41) is 1.89. The number of fused-ring (bicyclic) bond motifs is 2. The van der Waals surface area contributed by atoms with Gasteiger partial charge in [0.25, 0.3) is 20.2 Å². The molecule has 0 fully saturated rings. The van der Waals surface area contributed by atoms with Gasteiger partial charge in [0.05, 0.1) is 0 Å². The quantitative estimate of drug-likeness (QED) is 0.488. The molecular formula is C20H14O6S2. The van der Waals surface area contributed by atoms with Gasteiger partial charge in [-0.05, 0) is 27.8 Å². The minimum absolute atomic E-state index is 0.00149. The van der Waals surface area contributed by atoms with Gasteiger partial charge in [-0.1, -0.05) is 66.7 Å². The number of hydrogen-bond donors (Lipinski definition) is 2. The molecule has 4 aromatic carbocycles. The van der Waals surface area contributed by atoms with Crippen LogP contribution in [0.3, 0.4) is 0 Å². The molecule has 2 N–H and O–H groups in total. The Kier molecular flexibility index (Phi) is 4.24. The van der Waals surface area contributed by atoms with Gasteiger partial charge >= 0.3 is 0 Å². The largest absolute Gasteiger partial charge is 0.296 e. The topological polar surface area (TPSA) is 109 Å². The predicted octanol–water partition coefficient (Wildman–Crippen LogP) is 4.15. The summed E-state index contributed by atoms with van der Waals surface area (Å²) in [5.41, 5.74) is 0.409. The second-order valence-electron chi connectivity index (χ2n) is 6.28. The smallest absolute Gasteiger partial charge is 0.282 e. The second kappa shape index (κ2) is 6.39. The highest BCUT2D eigenvalue weighted by molar-refractivity contribution is 7.89. The lowest BCUT2D eigenvalue weighted by Gasteiger charge is -2.16. The van der Waals surface area contributed by atoms with Gasteiger partial charge in [0, 0.05) is 10.9 Å². The Morgan fingerprint density at radius 2 is 1.07 bits per heavy atom. The predicted molar refractivity (Wildman–Crippen MR) is 107 cm³/mol. The highest BCUT2D eigenvalue weighted by Crippen LogP contribution is 2.40. The Morgan fingerprint density at radius 1 is 0.536 bits per heavy atom. The van der Waals surface area contributed by atoms with Crippen molar-refractivity contribution in [3.05, 3.63) is 72.8 Å². The molecule has 0 spiro atoms. The SMILES string of the molecule is O=S(=O)(O)c1c(-c2cccc3ccccc23)cc2ccccc2c1S(=O)(=O)O. The van der Waals surface area contributed by atoms with E-state index in [0.717, 1.165) is 5.39 Å². The monoisotopic (exact) mass is 414 g/mol. The Bertz CT molecular complexity index is 1450. The molecule has 28 heavy (non-hydrogen) atoms. The third kappa shape index (κ3) is 3.06. The minimum atomic E-state index is -4.99. The molecular weight excluding hydrogens is 400 g/mol. The lowest BCUT2D eigenvalue weighted by molar-refractivity contribution is 0.468. The van der Waals surface area contributed by atoms with E-state index in [4.69, 9.17) is 0 Å². The summed E-state index contributed by atoms with van der Waals surface area (Å²) in [7, 11) is -9.96. The maximum absolute atomic E-state index is 12.3. The van der Waals surface area contributed by atoms with Crippen molar-refractivity contribution in [1.29, 1.82) is 0 Å².